The predicted octanol–water partition coefficient (Wildman–Crippen LogP) is 3.66. The maximum atomic E-state index is 13.2. The summed E-state index contributed by atoms with van der Waals surface area (Å²) in [6, 6.07) is 11.1. The van der Waals surface area contributed by atoms with Gasteiger partial charge < -0.3 is 9.64 Å². The van der Waals surface area contributed by atoms with E-state index < -0.39 is 0 Å². The van der Waals surface area contributed by atoms with E-state index in [1.54, 1.807) is 42.2 Å². The van der Waals surface area contributed by atoms with E-state index in [9.17, 15) is 9.59 Å². The largest absolute Gasteiger partial charge is 0.496 e. The summed E-state index contributed by atoms with van der Waals surface area (Å²) in [6.45, 7) is 2.72. The zero-order chi connectivity index (χ0) is 23.8. The molecule has 1 aliphatic heterocycles. The van der Waals surface area contributed by atoms with Crippen molar-refractivity contribution in [2.75, 3.05) is 12.4 Å². The van der Waals surface area contributed by atoms with Crippen molar-refractivity contribution < 1.29 is 14.3 Å². The molecule has 4 heterocycles. The standard InChI is InChI=1S/C24H22N6O3S/c1-14-10-16(15-6-4-5-7-20(15)33-3)17(11-25-14)22(31)28-24-27-18-12-30(13-21(18)34-24)23(32)19-8-9-26-29(19)2/h4-11H,12-13H2,1-3H3,(H,27,28,31). The molecule has 0 saturated heterocycles. The van der Waals surface area contributed by atoms with E-state index in [4.69, 9.17) is 4.74 Å². The average molecular weight is 475 g/mol. The zero-order valence-corrected chi connectivity index (χ0v) is 19.7. The van der Waals surface area contributed by atoms with Crippen LogP contribution in [0.4, 0.5) is 5.13 Å². The third-order valence-electron chi connectivity index (χ3n) is 5.68. The molecule has 4 aromatic rings. The van der Waals surface area contributed by atoms with Crippen LogP contribution in [0.25, 0.3) is 11.1 Å². The first-order valence-electron chi connectivity index (χ1n) is 10.6. The number of anilines is 1. The molecule has 1 N–H and O–H groups in total. The lowest BCUT2D eigenvalue weighted by Gasteiger charge is -2.15. The number of thiazole rings is 1. The number of para-hydroxylation sites is 1. The number of pyridine rings is 1. The van der Waals surface area contributed by atoms with Gasteiger partial charge in [0.1, 0.15) is 11.4 Å². The fraction of sp³-hybridized carbons (Fsp3) is 0.208. The lowest BCUT2D eigenvalue weighted by molar-refractivity contribution is 0.0739. The normalized spacial score (nSPS) is 12.5. The van der Waals surface area contributed by atoms with Crippen molar-refractivity contribution in [3.05, 3.63) is 76.3 Å². The second-order valence-electron chi connectivity index (χ2n) is 7.92. The SMILES string of the molecule is COc1ccccc1-c1cc(C)ncc1C(=O)Nc1nc2c(s1)CN(C(=O)c1ccnn1C)C2. The smallest absolute Gasteiger partial charge is 0.272 e. The van der Waals surface area contributed by atoms with Crippen LogP contribution in [0, 0.1) is 6.92 Å². The van der Waals surface area contributed by atoms with Crippen LogP contribution in [0.3, 0.4) is 0 Å². The quantitative estimate of drug-likeness (QED) is 0.474. The number of carbonyl (C=O) groups is 2. The maximum absolute atomic E-state index is 13.2. The lowest BCUT2D eigenvalue weighted by Crippen LogP contribution is -2.27. The van der Waals surface area contributed by atoms with Crippen LogP contribution < -0.4 is 10.1 Å². The van der Waals surface area contributed by atoms with Gasteiger partial charge in [0.05, 0.1) is 36.3 Å². The van der Waals surface area contributed by atoms with E-state index in [-0.39, 0.29) is 11.8 Å². The van der Waals surface area contributed by atoms with Crippen LogP contribution in [-0.2, 0) is 20.1 Å². The Hall–Kier alpha value is -4.05. The minimum atomic E-state index is -0.302. The third kappa shape index (κ3) is 3.92. The Morgan fingerprint density at radius 3 is 2.71 bits per heavy atom. The van der Waals surface area contributed by atoms with Gasteiger partial charge in [0, 0.05) is 36.3 Å². The Labute approximate surface area is 200 Å². The van der Waals surface area contributed by atoms with Crippen molar-refractivity contribution in [3.8, 4) is 16.9 Å². The summed E-state index contributed by atoms with van der Waals surface area (Å²) < 4.78 is 7.06. The first-order chi connectivity index (χ1) is 16.4. The number of hydrogen-bond donors (Lipinski definition) is 1. The highest BCUT2D eigenvalue weighted by molar-refractivity contribution is 7.16. The molecule has 0 bridgehead atoms. The molecule has 1 aromatic carbocycles. The Morgan fingerprint density at radius 1 is 1.15 bits per heavy atom. The van der Waals surface area contributed by atoms with Crippen molar-refractivity contribution in [3.63, 3.8) is 0 Å². The molecular weight excluding hydrogens is 452 g/mol. The molecule has 0 atom stereocenters. The second-order valence-corrected chi connectivity index (χ2v) is 9.00. The summed E-state index contributed by atoms with van der Waals surface area (Å²) in [5.74, 6) is 0.278. The first-order valence-corrected chi connectivity index (χ1v) is 11.4. The number of aromatic nitrogens is 4. The number of hydrogen-bond acceptors (Lipinski definition) is 7. The summed E-state index contributed by atoms with van der Waals surface area (Å²) in [5.41, 5.74) is 4.09. The van der Waals surface area contributed by atoms with Gasteiger partial charge in [-0.05, 0) is 25.1 Å². The van der Waals surface area contributed by atoms with Gasteiger partial charge in [-0.3, -0.25) is 24.6 Å². The van der Waals surface area contributed by atoms with Crippen LogP contribution in [0.15, 0.2) is 48.8 Å². The summed E-state index contributed by atoms with van der Waals surface area (Å²) in [6.07, 6.45) is 3.17. The van der Waals surface area contributed by atoms with E-state index in [1.807, 2.05) is 37.3 Å². The van der Waals surface area contributed by atoms with Crippen molar-refractivity contribution in [2.24, 2.45) is 7.05 Å². The van der Waals surface area contributed by atoms with Gasteiger partial charge in [0.25, 0.3) is 11.8 Å². The number of nitrogens with one attached hydrogen (secondary N) is 1. The summed E-state index contributed by atoms with van der Waals surface area (Å²) in [4.78, 5) is 37.5. The van der Waals surface area contributed by atoms with Crippen molar-refractivity contribution in [1.29, 1.82) is 0 Å². The molecule has 0 unspecified atom stereocenters. The monoisotopic (exact) mass is 474 g/mol. The first kappa shape index (κ1) is 21.8. The Bertz CT molecular complexity index is 1390. The number of benzene rings is 1. The lowest BCUT2D eigenvalue weighted by atomic mass is 9.99. The molecule has 2 amide bonds. The minimum Gasteiger partial charge on any atom is -0.496 e. The van der Waals surface area contributed by atoms with Crippen LogP contribution in [0.1, 0.15) is 37.1 Å². The van der Waals surface area contributed by atoms with Gasteiger partial charge in [0.2, 0.25) is 0 Å². The molecule has 0 radical (unpaired) electrons. The van der Waals surface area contributed by atoms with Crippen LogP contribution in [0.5, 0.6) is 5.75 Å². The van der Waals surface area contributed by atoms with Crippen molar-refractivity contribution >= 4 is 28.3 Å². The van der Waals surface area contributed by atoms with E-state index in [0.29, 0.717) is 35.2 Å². The number of fused-ring (bicyclic) bond motifs is 1. The zero-order valence-electron chi connectivity index (χ0n) is 18.9. The molecule has 9 nitrogen and oxygen atoms in total. The molecule has 3 aromatic heterocycles. The van der Waals surface area contributed by atoms with E-state index >= 15 is 0 Å². The van der Waals surface area contributed by atoms with Crippen molar-refractivity contribution in [1.82, 2.24) is 24.6 Å². The van der Waals surface area contributed by atoms with E-state index in [1.165, 1.54) is 11.3 Å². The number of carbonyl (C=O) groups excluding carboxylic acids is 2. The van der Waals surface area contributed by atoms with Gasteiger partial charge in [-0.1, -0.05) is 29.5 Å². The second kappa shape index (κ2) is 8.71. The number of ether oxygens (including phenoxy) is 1. The Balaban J connectivity index is 1.36. The fourth-order valence-electron chi connectivity index (χ4n) is 3.98. The predicted molar refractivity (Wildman–Crippen MR) is 128 cm³/mol. The van der Waals surface area contributed by atoms with Crippen molar-refractivity contribution in [2.45, 2.75) is 20.0 Å². The summed E-state index contributed by atoms with van der Waals surface area (Å²) >= 11 is 1.38. The Morgan fingerprint density at radius 2 is 1.97 bits per heavy atom. The highest BCUT2D eigenvalue weighted by Gasteiger charge is 2.29. The maximum Gasteiger partial charge on any atom is 0.272 e. The third-order valence-corrected chi connectivity index (χ3v) is 6.68. The molecule has 0 spiro atoms. The molecule has 34 heavy (non-hydrogen) atoms. The number of nitrogens with zero attached hydrogens (tertiary/aromatic N) is 5. The van der Waals surface area contributed by atoms with Gasteiger partial charge in [-0.15, -0.1) is 0 Å². The van der Waals surface area contributed by atoms with Gasteiger partial charge >= 0.3 is 0 Å². The number of methoxy groups -OCH3 is 1. The van der Waals surface area contributed by atoms with Crippen LogP contribution in [0.2, 0.25) is 0 Å². The molecule has 0 saturated carbocycles. The number of amides is 2. The molecule has 0 fully saturated rings. The summed E-state index contributed by atoms with van der Waals surface area (Å²) in [5, 5.41) is 7.46. The molecule has 172 valence electrons. The average Bonchev–Trinajstić information content (AvgIpc) is 3.53. The minimum absolute atomic E-state index is 0.0945. The topological polar surface area (TPSA) is 102 Å². The molecule has 10 heteroatoms. The highest BCUT2D eigenvalue weighted by atomic mass is 32.1. The molecule has 5 rings (SSSR count). The highest BCUT2D eigenvalue weighted by Crippen LogP contribution is 2.34. The van der Waals surface area contributed by atoms with Gasteiger partial charge in [-0.25, -0.2) is 4.98 Å². The molecule has 0 aliphatic carbocycles. The van der Waals surface area contributed by atoms with E-state index in [2.05, 4.69) is 20.4 Å². The van der Waals surface area contributed by atoms with E-state index in [0.717, 1.165) is 27.4 Å². The van der Waals surface area contributed by atoms with Crippen LogP contribution >= 0.6 is 11.3 Å². The molecular formula is C24H22N6O3S. The number of rotatable bonds is 5. The van der Waals surface area contributed by atoms with Gasteiger partial charge in [-0.2, -0.15) is 5.10 Å². The summed E-state index contributed by atoms with van der Waals surface area (Å²) in [7, 11) is 3.34. The van der Waals surface area contributed by atoms with Crippen LogP contribution in [-0.4, -0.2) is 43.6 Å². The van der Waals surface area contributed by atoms with Gasteiger partial charge in [0.15, 0.2) is 5.13 Å². The molecule has 1 aliphatic rings. The fourth-order valence-corrected chi connectivity index (χ4v) is 4.96. The number of aryl methyl sites for hydroxylation is 2. The Kier molecular flexibility index (Phi) is 5.58.